The highest BCUT2D eigenvalue weighted by Gasteiger charge is 2.10. The Morgan fingerprint density at radius 2 is 2.44 bits per heavy atom. The van der Waals surface area contributed by atoms with Crippen LogP contribution in [0, 0.1) is 0 Å². The highest BCUT2D eigenvalue weighted by atomic mass is 79.9. The zero-order chi connectivity index (χ0) is 7.28. The van der Waals surface area contributed by atoms with Crippen molar-refractivity contribution in [1.29, 1.82) is 0 Å². The molecule has 1 N–H and O–H groups in total. The number of halogens is 1. The Labute approximate surface area is 67.4 Å². The van der Waals surface area contributed by atoms with Crippen LogP contribution in [0.2, 0.25) is 0 Å². The number of hydrogen-bond acceptors (Lipinski definition) is 2. The Balaban J connectivity index is 3.37. The normalized spacial score (nSPS) is 12.6. The van der Waals surface area contributed by atoms with Gasteiger partial charge in [0.2, 0.25) is 0 Å². The van der Waals surface area contributed by atoms with Crippen molar-refractivity contribution in [3.05, 3.63) is 0 Å². The quantitative estimate of drug-likeness (QED) is 0.567. The van der Waals surface area contributed by atoms with Crippen molar-refractivity contribution >= 4 is 39.5 Å². The summed E-state index contributed by atoms with van der Waals surface area (Å²) in [6.07, 6.45) is 1.23. The fourth-order valence-corrected chi connectivity index (χ4v) is 0.738. The lowest BCUT2D eigenvalue weighted by molar-refractivity contribution is -0.136. The van der Waals surface area contributed by atoms with Crippen molar-refractivity contribution in [3.63, 3.8) is 0 Å². The molecule has 0 aliphatic rings. The predicted octanol–water partition coefficient (Wildman–Crippen LogP) is 1.61. The molecule has 0 heterocycles. The molecule has 0 aromatic carbocycles. The molecule has 0 amide bonds. The van der Waals surface area contributed by atoms with Crippen molar-refractivity contribution in [1.82, 2.24) is 0 Å². The molecule has 2 nitrogen and oxygen atoms in total. The lowest BCUT2D eigenvalue weighted by Gasteiger charge is -1.98. The average Bonchev–Trinajstić information content (AvgIpc) is 1.82. The van der Waals surface area contributed by atoms with Gasteiger partial charge in [0.05, 0.1) is 0 Å². The summed E-state index contributed by atoms with van der Waals surface area (Å²) in [5.41, 5.74) is 0. The van der Waals surface area contributed by atoms with E-state index in [-0.39, 0.29) is 0 Å². The smallest absolute Gasteiger partial charge is 0.317 e. The van der Waals surface area contributed by atoms with Crippen molar-refractivity contribution < 1.29 is 9.90 Å². The maximum Gasteiger partial charge on any atom is 0.317 e. The van der Waals surface area contributed by atoms with Crippen molar-refractivity contribution in [2.75, 3.05) is 0 Å². The van der Waals surface area contributed by atoms with Gasteiger partial charge in [-0.1, -0.05) is 28.1 Å². The third-order valence-electron chi connectivity index (χ3n) is 0.806. The Hall–Kier alpha value is 0.0400. The molecule has 9 heavy (non-hydrogen) atoms. The van der Waals surface area contributed by atoms with E-state index in [1.54, 1.807) is 0 Å². The molecule has 4 heteroatoms. The van der Waals surface area contributed by atoms with Gasteiger partial charge < -0.3 is 5.11 Å². The van der Waals surface area contributed by atoms with E-state index in [1.165, 1.54) is 5.37 Å². The number of hydrogen-bond donors (Lipinski definition) is 1. The van der Waals surface area contributed by atoms with Gasteiger partial charge in [-0.2, -0.15) is 0 Å². The van der Waals surface area contributed by atoms with Gasteiger partial charge in [0, 0.05) is 0 Å². The van der Waals surface area contributed by atoms with Crippen LogP contribution in [-0.4, -0.2) is 21.3 Å². The van der Waals surface area contributed by atoms with E-state index in [0.29, 0.717) is 12.8 Å². The number of carboxylic acids is 1. The van der Waals surface area contributed by atoms with Crippen molar-refractivity contribution in [2.45, 2.75) is 17.7 Å². The summed E-state index contributed by atoms with van der Waals surface area (Å²) >= 11 is 7.50. The van der Waals surface area contributed by atoms with E-state index in [1.807, 2.05) is 0 Å². The Kier molecular flexibility index (Phi) is 4.90. The molecule has 0 fully saturated rings. The standard InChI is InChI=1S/C5H7BrO2S/c6-4(5(7)8)2-1-3-9/h3-4H,1-2H2,(H,7,8)/t4-/m0/s1. The second-order valence-electron chi connectivity index (χ2n) is 1.55. The van der Waals surface area contributed by atoms with E-state index >= 15 is 0 Å². The summed E-state index contributed by atoms with van der Waals surface area (Å²) in [6, 6.07) is 0. The minimum atomic E-state index is -0.827. The average molecular weight is 211 g/mol. The van der Waals surface area contributed by atoms with Crippen LogP contribution in [0.3, 0.4) is 0 Å². The lowest BCUT2D eigenvalue weighted by atomic mass is 10.2. The fourth-order valence-electron chi connectivity index (χ4n) is 0.338. The van der Waals surface area contributed by atoms with Gasteiger partial charge in [0.25, 0.3) is 0 Å². The Morgan fingerprint density at radius 1 is 1.89 bits per heavy atom. The molecule has 52 valence electrons. The summed E-state index contributed by atoms with van der Waals surface area (Å²) < 4.78 is 0. The topological polar surface area (TPSA) is 37.3 Å². The molecule has 0 saturated heterocycles. The molecular formula is C5H7BrO2S. The molecule has 0 spiro atoms. The maximum atomic E-state index is 10.1. The van der Waals surface area contributed by atoms with Crippen LogP contribution in [0.1, 0.15) is 12.8 Å². The molecule has 1 atom stereocenters. The third-order valence-corrected chi connectivity index (χ3v) is 1.89. The highest BCUT2D eigenvalue weighted by Crippen LogP contribution is 2.06. The fraction of sp³-hybridized carbons (Fsp3) is 0.600. The van der Waals surface area contributed by atoms with Gasteiger partial charge in [-0.05, 0) is 18.2 Å². The summed E-state index contributed by atoms with van der Waals surface area (Å²) in [5.74, 6) is -0.827. The van der Waals surface area contributed by atoms with Gasteiger partial charge in [-0.3, -0.25) is 4.79 Å². The Morgan fingerprint density at radius 3 is 2.78 bits per heavy atom. The second-order valence-corrected chi connectivity index (χ2v) is 2.99. The minimum absolute atomic E-state index is 0.448. The minimum Gasteiger partial charge on any atom is -0.480 e. The van der Waals surface area contributed by atoms with Crippen molar-refractivity contribution in [2.24, 2.45) is 0 Å². The van der Waals surface area contributed by atoms with E-state index in [2.05, 4.69) is 28.1 Å². The van der Waals surface area contributed by atoms with Crippen LogP contribution in [-0.2, 0) is 4.79 Å². The van der Waals surface area contributed by atoms with E-state index in [4.69, 9.17) is 5.11 Å². The van der Waals surface area contributed by atoms with Gasteiger partial charge in [-0.25, -0.2) is 0 Å². The second kappa shape index (κ2) is 4.88. The molecule has 0 aliphatic carbocycles. The summed E-state index contributed by atoms with van der Waals surface area (Å²) in [5, 5.41) is 9.85. The van der Waals surface area contributed by atoms with Crippen LogP contribution in [0.25, 0.3) is 0 Å². The largest absolute Gasteiger partial charge is 0.480 e. The molecule has 0 saturated carbocycles. The van der Waals surface area contributed by atoms with Crippen LogP contribution >= 0.6 is 28.1 Å². The molecule has 0 bridgehead atoms. The maximum absolute atomic E-state index is 10.1. The van der Waals surface area contributed by atoms with Gasteiger partial charge >= 0.3 is 5.97 Å². The molecular weight excluding hydrogens is 204 g/mol. The van der Waals surface area contributed by atoms with Crippen molar-refractivity contribution in [3.8, 4) is 0 Å². The first-order chi connectivity index (χ1) is 4.18. The zero-order valence-corrected chi connectivity index (χ0v) is 7.11. The van der Waals surface area contributed by atoms with Crippen LogP contribution < -0.4 is 0 Å². The van der Waals surface area contributed by atoms with Crippen LogP contribution in [0.5, 0.6) is 0 Å². The Bertz CT molecular complexity index is 116. The van der Waals surface area contributed by atoms with Crippen LogP contribution in [0.15, 0.2) is 0 Å². The molecule has 0 radical (unpaired) electrons. The summed E-state index contributed by atoms with van der Waals surface area (Å²) in [4.78, 5) is 9.66. The number of thiocarbonyl (C=S) groups is 1. The van der Waals surface area contributed by atoms with Gasteiger partial charge in [-0.15, -0.1) is 0 Å². The lowest BCUT2D eigenvalue weighted by Crippen LogP contribution is -2.11. The number of carbonyl (C=O) groups is 1. The van der Waals surface area contributed by atoms with E-state index < -0.39 is 10.8 Å². The monoisotopic (exact) mass is 210 g/mol. The molecule has 0 aromatic heterocycles. The first-order valence-corrected chi connectivity index (χ1v) is 3.87. The molecule has 0 aliphatic heterocycles. The zero-order valence-electron chi connectivity index (χ0n) is 4.71. The number of aliphatic carboxylic acids is 1. The number of carboxylic acid groups (broad SMARTS) is 1. The van der Waals surface area contributed by atoms with Gasteiger partial charge in [0.1, 0.15) is 4.83 Å². The molecule has 0 rings (SSSR count). The highest BCUT2D eigenvalue weighted by molar-refractivity contribution is 9.10. The predicted molar refractivity (Wildman–Crippen MR) is 43.2 cm³/mol. The first-order valence-electron chi connectivity index (χ1n) is 2.49. The van der Waals surface area contributed by atoms with Crippen LogP contribution in [0.4, 0.5) is 0 Å². The van der Waals surface area contributed by atoms with Gasteiger partial charge in [0.15, 0.2) is 0 Å². The van der Waals surface area contributed by atoms with E-state index in [0.717, 1.165) is 0 Å². The number of alkyl halides is 1. The third kappa shape index (κ3) is 4.54. The van der Waals surface area contributed by atoms with E-state index in [9.17, 15) is 4.79 Å². The summed E-state index contributed by atoms with van der Waals surface area (Å²) in [7, 11) is 0. The molecule has 0 unspecified atom stereocenters. The first kappa shape index (κ1) is 9.04. The number of rotatable bonds is 4. The SMILES string of the molecule is O=C(O)[C@@H](Br)CCC=S. The molecule has 0 aromatic rings. The summed E-state index contributed by atoms with van der Waals surface area (Å²) in [6.45, 7) is 0.